The van der Waals surface area contributed by atoms with E-state index >= 15 is 0 Å². The van der Waals surface area contributed by atoms with Crippen molar-refractivity contribution in [2.24, 2.45) is 5.10 Å². The molecular weight excluding hydrogens is 444 g/mol. The number of hydrogen-bond acceptors (Lipinski definition) is 7. The van der Waals surface area contributed by atoms with Gasteiger partial charge in [0.1, 0.15) is 0 Å². The molecule has 8 heteroatoms. The normalized spacial score (nSPS) is 11.3. The first-order valence-electron chi connectivity index (χ1n) is 9.62. The highest BCUT2D eigenvalue weighted by Gasteiger charge is 2.09. The summed E-state index contributed by atoms with van der Waals surface area (Å²) in [5, 5.41) is 15.0. The van der Waals surface area contributed by atoms with E-state index in [4.69, 9.17) is 0 Å². The Morgan fingerprint density at radius 1 is 1.03 bits per heavy atom. The van der Waals surface area contributed by atoms with Gasteiger partial charge in [0.05, 0.1) is 12.0 Å². The second-order valence-electron chi connectivity index (χ2n) is 6.76. The minimum atomic E-state index is -0.172. The molecule has 0 saturated carbocycles. The molecule has 0 fully saturated rings. The third-order valence-electron chi connectivity index (χ3n) is 4.39. The Balaban J connectivity index is 1.25. The number of nitrogens with one attached hydrogen (secondary N) is 1. The van der Waals surface area contributed by atoms with Gasteiger partial charge in [0.15, 0.2) is 8.68 Å². The average molecular weight is 465 g/mol. The monoisotopic (exact) mass is 464 g/mol. The number of hydrazone groups is 1. The molecule has 0 bridgehead atoms. The predicted molar refractivity (Wildman–Crippen MR) is 131 cm³/mol. The summed E-state index contributed by atoms with van der Waals surface area (Å²) in [6.45, 7) is 2.02. The maximum Gasteiger partial charge on any atom is 0.250 e. The molecule has 0 aliphatic heterocycles. The number of nitrogens with zero attached hydrogens (tertiary/aromatic N) is 3. The van der Waals surface area contributed by atoms with Crippen LogP contribution in [0.25, 0.3) is 10.8 Å². The van der Waals surface area contributed by atoms with Crippen molar-refractivity contribution in [2.75, 3.05) is 5.75 Å². The zero-order chi connectivity index (χ0) is 21.5. The number of thioether (sulfide) groups is 2. The van der Waals surface area contributed by atoms with E-state index in [1.165, 1.54) is 39.4 Å². The van der Waals surface area contributed by atoms with E-state index in [1.807, 2.05) is 31.2 Å². The molecule has 4 rings (SSSR count). The molecule has 3 aromatic carbocycles. The van der Waals surface area contributed by atoms with Gasteiger partial charge < -0.3 is 0 Å². The van der Waals surface area contributed by atoms with E-state index in [0.29, 0.717) is 0 Å². The highest BCUT2D eigenvalue weighted by molar-refractivity contribution is 8.03. The van der Waals surface area contributed by atoms with E-state index < -0.39 is 0 Å². The number of hydrogen-bond donors (Lipinski definition) is 1. The molecule has 1 aromatic heterocycles. The molecule has 31 heavy (non-hydrogen) atoms. The third-order valence-corrected chi connectivity index (χ3v) is 7.63. The van der Waals surface area contributed by atoms with Gasteiger partial charge >= 0.3 is 0 Å². The van der Waals surface area contributed by atoms with Crippen molar-refractivity contribution in [3.8, 4) is 0 Å². The number of aryl methyl sites for hydroxylation is 1. The molecule has 1 N–H and O–H groups in total. The fraction of sp³-hybridized carbons (Fsp3) is 0.130. The molecular formula is C23H20N4OS3. The standard InChI is InChI=1S/C23H20N4OS3/c1-16-6-4-7-17(12-16)13-24-25-21(28)15-30-23-27-26-22(31-23)29-14-19-10-5-9-18-8-2-3-11-20(18)19/h2-13H,14-15H2,1H3,(H,25,28)/b24-13+. The molecule has 1 amide bonds. The molecule has 0 atom stereocenters. The summed E-state index contributed by atoms with van der Waals surface area (Å²) in [6.07, 6.45) is 1.64. The number of benzene rings is 3. The molecule has 0 radical (unpaired) electrons. The second kappa shape index (κ2) is 10.6. The first-order valence-corrected chi connectivity index (χ1v) is 12.4. The summed E-state index contributed by atoms with van der Waals surface area (Å²) in [5.41, 5.74) is 5.93. The summed E-state index contributed by atoms with van der Waals surface area (Å²) >= 11 is 4.54. The number of fused-ring (bicyclic) bond motifs is 1. The van der Waals surface area contributed by atoms with Crippen LogP contribution in [0.3, 0.4) is 0 Å². The van der Waals surface area contributed by atoms with Gasteiger partial charge in [-0.05, 0) is 28.8 Å². The van der Waals surface area contributed by atoms with E-state index in [2.05, 4.69) is 63.2 Å². The van der Waals surface area contributed by atoms with Gasteiger partial charge in [-0.15, -0.1) is 10.2 Å². The van der Waals surface area contributed by atoms with Gasteiger partial charge in [-0.2, -0.15) is 5.10 Å². The van der Waals surface area contributed by atoms with Gasteiger partial charge in [-0.1, -0.05) is 107 Å². The van der Waals surface area contributed by atoms with Crippen molar-refractivity contribution in [1.29, 1.82) is 0 Å². The van der Waals surface area contributed by atoms with Crippen molar-refractivity contribution in [3.63, 3.8) is 0 Å². The SMILES string of the molecule is Cc1cccc(/C=N/NC(=O)CSc2nnc(SCc3cccc4ccccc34)s2)c1. The maximum absolute atomic E-state index is 12.0. The quantitative estimate of drug-likeness (QED) is 0.211. The Bertz CT molecular complexity index is 1220. The minimum absolute atomic E-state index is 0.172. The lowest BCUT2D eigenvalue weighted by molar-refractivity contribution is -0.118. The first kappa shape index (κ1) is 21.5. The van der Waals surface area contributed by atoms with E-state index in [-0.39, 0.29) is 11.7 Å². The lowest BCUT2D eigenvalue weighted by Gasteiger charge is -2.04. The minimum Gasteiger partial charge on any atom is -0.272 e. The van der Waals surface area contributed by atoms with E-state index in [9.17, 15) is 4.79 Å². The zero-order valence-corrected chi connectivity index (χ0v) is 19.3. The van der Waals surface area contributed by atoms with Crippen LogP contribution in [0.4, 0.5) is 0 Å². The zero-order valence-electron chi connectivity index (χ0n) is 16.8. The highest BCUT2D eigenvalue weighted by Crippen LogP contribution is 2.32. The number of carbonyl (C=O) groups excluding carboxylic acids is 1. The summed E-state index contributed by atoms with van der Waals surface area (Å²) in [6, 6.07) is 22.7. The van der Waals surface area contributed by atoms with Crippen LogP contribution in [0, 0.1) is 6.92 Å². The van der Waals surface area contributed by atoms with Crippen molar-refractivity contribution in [2.45, 2.75) is 21.4 Å². The predicted octanol–water partition coefficient (Wildman–Crippen LogP) is 5.53. The molecule has 156 valence electrons. The Morgan fingerprint density at radius 2 is 1.81 bits per heavy atom. The van der Waals surface area contributed by atoms with Crippen LogP contribution in [0.2, 0.25) is 0 Å². The van der Waals surface area contributed by atoms with Crippen LogP contribution < -0.4 is 5.43 Å². The Kier molecular flexibility index (Phi) is 7.35. The largest absolute Gasteiger partial charge is 0.272 e. The van der Waals surface area contributed by atoms with E-state index in [1.54, 1.807) is 18.0 Å². The number of aromatic nitrogens is 2. The van der Waals surface area contributed by atoms with Gasteiger partial charge in [0, 0.05) is 5.75 Å². The topological polar surface area (TPSA) is 67.2 Å². The van der Waals surface area contributed by atoms with Crippen molar-refractivity contribution >= 4 is 57.8 Å². The van der Waals surface area contributed by atoms with Gasteiger partial charge in [-0.25, -0.2) is 5.43 Å². The maximum atomic E-state index is 12.0. The molecule has 0 unspecified atom stereocenters. The number of carbonyl (C=O) groups is 1. The lowest BCUT2D eigenvalue weighted by atomic mass is 10.1. The van der Waals surface area contributed by atoms with Crippen LogP contribution in [-0.4, -0.2) is 28.1 Å². The Morgan fingerprint density at radius 3 is 2.68 bits per heavy atom. The molecule has 0 aliphatic rings. The average Bonchev–Trinajstić information content (AvgIpc) is 3.24. The van der Waals surface area contributed by atoms with Gasteiger partial charge in [0.2, 0.25) is 0 Å². The fourth-order valence-corrected chi connectivity index (χ4v) is 5.78. The Hall–Kier alpha value is -2.68. The third kappa shape index (κ3) is 6.16. The van der Waals surface area contributed by atoms with Crippen LogP contribution in [0.15, 0.2) is 80.5 Å². The molecule has 0 aliphatic carbocycles. The molecule has 4 aromatic rings. The summed E-state index contributed by atoms with van der Waals surface area (Å²) in [7, 11) is 0. The van der Waals surface area contributed by atoms with Crippen molar-refractivity contribution in [1.82, 2.24) is 15.6 Å². The molecule has 0 spiro atoms. The van der Waals surface area contributed by atoms with Gasteiger partial charge in [0.25, 0.3) is 5.91 Å². The molecule has 0 saturated heterocycles. The summed E-state index contributed by atoms with van der Waals surface area (Å²) in [4.78, 5) is 12.0. The summed E-state index contributed by atoms with van der Waals surface area (Å²) in [5.74, 6) is 0.900. The number of amides is 1. The van der Waals surface area contributed by atoms with Crippen LogP contribution >= 0.6 is 34.9 Å². The number of rotatable bonds is 8. The fourth-order valence-electron chi connectivity index (χ4n) is 2.96. The summed E-state index contributed by atoms with van der Waals surface area (Å²) < 4.78 is 1.67. The van der Waals surface area contributed by atoms with Crippen LogP contribution in [-0.2, 0) is 10.5 Å². The van der Waals surface area contributed by atoms with E-state index in [0.717, 1.165) is 25.6 Å². The second-order valence-corrected chi connectivity index (χ2v) is 10.2. The first-order chi connectivity index (χ1) is 15.2. The Labute approximate surface area is 193 Å². The molecule has 5 nitrogen and oxygen atoms in total. The molecule has 1 heterocycles. The lowest BCUT2D eigenvalue weighted by Crippen LogP contribution is -2.19. The van der Waals surface area contributed by atoms with Crippen LogP contribution in [0.1, 0.15) is 16.7 Å². The van der Waals surface area contributed by atoms with Gasteiger partial charge in [-0.3, -0.25) is 4.79 Å². The smallest absolute Gasteiger partial charge is 0.250 e. The highest BCUT2D eigenvalue weighted by atomic mass is 32.2. The van der Waals surface area contributed by atoms with Crippen molar-refractivity contribution in [3.05, 3.63) is 83.4 Å². The van der Waals surface area contributed by atoms with Crippen molar-refractivity contribution < 1.29 is 4.79 Å². The van der Waals surface area contributed by atoms with Crippen LogP contribution in [0.5, 0.6) is 0 Å².